The molecule has 0 bridgehead atoms. The Labute approximate surface area is 106 Å². The minimum Gasteiger partial charge on any atom is -0.327 e. The van der Waals surface area contributed by atoms with Crippen molar-refractivity contribution in [1.29, 1.82) is 0 Å². The molecule has 0 aromatic heterocycles. The number of rotatable bonds is 3. The molecule has 1 aliphatic carbocycles. The smallest absolute Gasteiger partial charge is 0.221 e. The van der Waals surface area contributed by atoms with Crippen molar-refractivity contribution in [3.63, 3.8) is 0 Å². The molecule has 0 aliphatic heterocycles. The van der Waals surface area contributed by atoms with E-state index in [-0.39, 0.29) is 5.91 Å². The average molecular weight is 250 g/mol. The van der Waals surface area contributed by atoms with E-state index in [0.29, 0.717) is 11.3 Å². The Morgan fingerprint density at radius 2 is 2.06 bits per heavy atom. The summed E-state index contributed by atoms with van der Waals surface area (Å²) in [5, 5.41) is 3.30. The molecule has 0 spiro atoms. The van der Waals surface area contributed by atoms with Crippen LogP contribution < -0.4 is 11.1 Å². The summed E-state index contributed by atoms with van der Waals surface area (Å²) < 4.78 is 0. The van der Waals surface area contributed by atoms with Crippen LogP contribution in [0.15, 0.2) is 29.2 Å². The first-order valence-electron chi connectivity index (χ1n) is 5.95. The van der Waals surface area contributed by atoms with Gasteiger partial charge in [-0.15, -0.1) is 11.8 Å². The van der Waals surface area contributed by atoms with Gasteiger partial charge in [0.25, 0.3) is 0 Å². The van der Waals surface area contributed by atoms with Gasteiger partial charge in [0.15, 0.2) is 0 Å². The van der Waals surface area contributed by atoms with Gasteiger partial charge in [-0.25, -0.2) is 0 Å². The van der Waals surface area contributed by atoms with Crippen molar-refractivity contribution in [1.82, 2.24) is 0 Å². The number of carbonyl (C=O) groups excluding carboxylic acids is 1. The summed E-state index contributed by atoms with van der Waals surface area (Å²) in [4.78, 5) is 12.1. The second-order valence-electron chi connectivity index (χ2n) is 4.46. The summed E-state index contributed by atoms with van der Waals surface area (Å²) in [6.45, 7) is 1.51. The summed E-state index contributed by atoms with van der Waals surface area (Å²) in [7, 11) is 0. The zero-order chi connectivity index (χ0) is 12.3. The van der Waals surface area contributed by atoms with E-state index in [0.717, 1.165) is 12.1 Å². The van der Waals surface area contributed by atoms with Crippen LogP contribution in [-0.4, -0.2) is 17.2 Å². The predicted octanol–water partition coefficient (Wildman–Crippen LogP) is 2.62. The van der Waals surface area contributed by atoms with Gasteiger partial charge < -0.3 is 11.1 Å². The maximum Gasteiger partial charge on any atom is 0.221 e. The predicted molar refractivity (Wildman–Crippen MR) is 72.2 cm³/mol. The quantitative estimate of drug-likeness (QED) is 0.867. The Morgan fingerprint density at radius 3 is 2.59 bits per heavy atom. The zero-order valence-corrected chi connectivity index (χ0v) is 10.8. The van der Waals surface area contributed by atoms with E-state index in [9.17, 15) is 4.79 Å². The SMILES string of the molecule is CC(=O)Nc1ccc(SC2CCCC2N)cc1. The highest BCUT2D eigenvalue weighted by atomic mass is 32.2. The molecule has 1 aliphatic rings. The highest BCUT2D eigenvalue weighted by Gasteiger charge is 2.24. The van der Waals surface area contributed by atoms with Gasteiger partial charge in [-0.05, 0) is 37.1 Å². The number of amides is 1. The molecule has 0 saturated heterocycles. The third kappa shape index (κ3) is 3.48. The van der Waals surface area contributed by atoms with Gasteiger partial charge in [0.2, 0.25) is 5.91 Å². The molecule has 0 heterocycles. The van der Waals surface area contributed by atoms with Gasteiger partial charge in [-0.2, -0.15) is 0 Å². The Balaban J connectivity index is 1.95. The molecule has 17 heavy (non-hydrogen) atoms. The first-order valence-corrected chi connectivity index (χ1v) is 6.83. The van der Waals surface area contributed by atoms with Crippen molar-refractivity contribution < 1.29 is 4.79 Å². The summed E-state index contributed by atoms with van der Waals surface area (Å²) >= 11 is 1.85. The van der Waals surface area contributed by atoms with E-state index in [4.69, 9.17) is 5.73 Å². The topological polar surface area (TPSA) is 55.1 Å². The van der Waals surface area contributed by atoms with Gasteiger partial charge in [0.05, 0.1) is 0 Å². The van der Waals surface area contributed by atoms with Crippen LogP contribution in [0.4, 0.5) is 5.69 Å². The molecule has 1 amide bonds. The molecule has 1 fully saturated rings. The Kier molecular flexibility index (Phi) is 4.07. The molecule has 4 heteroatoms. The van der Waals surface area contributed by atoms with Crippen LogP contribution in [0.2, 0.25) is 0 Å². The number of carbonyl (C=O) groups is 1. The normalized spacial score (nSPS) is 23.6. The maximum absolute atomic E-state index is 10.9. The lowest BCUT2D eigenvalue weighted by molar-refractivity contribution is -0.114. The molecule has 2 rings (SSSR count). The van der Waals surface area contributed by atoms with Crippen molar-refractivity contribution >= 4 is 23.4 Å². The minimum absolute atomic E-state index is 0.0387. The Hall–Kier alpha value is -1.00. The summed E-state index contributed by atoms with van der Waals surface area (Å²) in [6, 6.07) is 8.28. The molecule has 2 unspecified atom stereocenters. The molecule has 3 N–H and O–H groups in total. The summed E-state index contributed by atoms with van der Waals surface area (Å²) in [5.41, 5.74) is 6.89. The molecule has 3 nitrogen and oxygen atoms in total. The minimum atomic E-state index is -0.0387. The molecule has 1 aromatic rings. The van der Waals surface area contributed by atoms with Crippen LogP contribution in [0.1, 0.15) is 26.2 Å². The van der Waals surface area contributed by atoms with Crippen LogP contribution >= 0.6 is 11.8 Å². The second-order valence-corrected chi connectivity index (χ2v) is 5.77. The largest absolute Gasteiger partial charge is 0.327 e. The highest BCUT2D eigenvalue weighted by Crippen LogP contribution is 2.34. The fourth-order valence-electron chi connectivity index (χ4n) is 2.10. The number of anilines is 1. The number of hydrogen-bond donors (Lipinski definition) is 2. The third-order valence-corrected chi connectivity index (χ3v) is 4.40. The highest BCUT2D eigenvalue weighted by molar-refractivity contribution is 8.00. The summed E-state index contributed by atoms with van der Waals surface area (Å²) in [6.07, 6.45) is 3.59. The molecule has 92 valence electrons. The molecular weight excluding hydrogens is 232 g/mol. The Bertz CT molecular complexity index is 391. The lowest BCUT2D eigenvalue weighted by Crippen LogP contribution is -2.26. The van der Waals surface area contributed by atoms with Gasteiger partial charge in [0, 0.05) is 28.8 Å². The lowest BCUT2D eigenvalue weighted by atomic mass is 10.3. The van der Waals surface area contributed by atoms with Crippen molar-refractivity contribution in [2.45, 2.75) is 42.4 Å². The van der Waals surface area contributed by atoms with Crippen LogP contribution in [0, 0.1) is 0 Å². The first-order chi connectivity index (χ1) is 8.15. The van der Waals surface area contributed by atoms with E-state index in [1.165, 1.54) is 24.7 Å². The van der Waals surface area contributed by atoms with E-state index < -0.39 is 0 Å². The lowest BCUT2D eigenvalue weighted by Gasteiger charge is -2.14. The number of benzene rings is 1. The Morgan fingerprint density at radius 1 is 1.35 bits per heavy atom. The number of thioether (sulfide) groups is 1. The number of nitrogens with one attached hydrogen (secondary N) is 1. The second kappa shape index (κ2) is 5.56. The monoisotopic (exact) mass is 250 g/mol. The van der Waals surface area contributed by atoms with E-state index in [1.54, 1.807) is 0 Å². The van der Waals surface area contributed by atoms with Crippen LogP contribution in [0.5, 0.6) is 0 Å². The van der Waals surface area contributed by atoms with Crippen LogP contribution in [-0.2, 0) is 4.79 Å². The molecular formula is C13H18N2OS. The van der Waals surface area contributed by atoms with Gasteiger partial charge >= 0.3 is 0 Å². The fourth-order valence-corrected chi connectivity index (χ4v) is 3.33. The van der Waals surface area contributed by atoms with Crippen molar-refractivity contribution in [3.05, 3.63) is 24.3 Å². The summed E-state index contributed by atoms with van der Waals surface area (Å²) in [5.74, 6) is -0.0387. The standard InChI is InChI=1S/C13H18N2OS/c1-9(16)15-10-5-7-11(8-6-10)17-13-4-2-3-12(13)14/h5-8,12-13H,2-4,14H2,1H3,(H,15,16). The molecule has 1 saturated carbocycles. The first kappa shape index (κ1) is 12.5. The number of hydrogen-bond acceptors (Lipinski definition) is 3. The van der Waals surface area contributed by atoms with E-state index in [2.05, 4.69) is 5.32 Å². The van der Waals surface area contributed by atoms with Crippen molar-refractivity contribution in [2.75, 3.05) is 5.32 Å². The average Bonchev–Trinajstić information content (AvgIpc) is 2.67. The maximum atomic E-state index is 10.9. The van der Waals surface area contributed by atoms with E-state index in [1.807, 2.05) is 36.0 Å². The van der Waals surface area contributed by atoms with Crippen LogP contribution in [0.25, 0.3) is 0 Å². The third-order valence-electron chi connectivity index (χ3n) is 2.97. The molecule has 0 radical (unpaired) electrons. The van der Waals surface area contributed by atoms with E-state index >= 15 is 0 Å². The van der Waals surface area contributed by atoms with Crippen LogP contribution in [0.3, 0.4) is 0 Å². The van der Waals surface area contributed by atoms with Crippen molar-refractivity contribution in [3.8, 4) is 0 Å². The fraction of sp³-hybridized carbons (Fsp3) is 0.462. The molecule has 1 aromatic carbocycles. The van der Waals surface area contributed by atoms with Gasteiger partial charge in [0.1, 0.15) is 0 Å². The molecule has 2 atom stereocenters. The van der Waals surface area contributed by atoms with Gasteiger partial charge in [-0.3, -0.25) is 4.79 Å². The number of nitrogens with two attached hydrogens (primary N) is 1. The van der Waals surface area contributed by atoms with Crippen molar-refractivity contribution in [2.24, 2.45) is 5.73 Å². The zero-order valence-electron chi connectivity index (χ0n) is 9.98. The van der Waals surface area contributed by atoms with Gasteiger partial charge in [-0.1, -0.05) is 6.42 Å².